The lowest BCUT2D eigenvalue weighted by Gasteiger charge is -2.36. The van der Waals surface area contributed by atoms with E-state index in [2.05, 4.69) is 0 Å². The van der Waals surface area contributed by atoms with Crippen molar-refractivity contribution in [2.45, 2.75) is 58.8 Å². The highest BCUT2D eigenvalue weighted by molar-refractivity contribution is 6.26. The predicted octanol–water partition coefficient (Wildman–Crippen LogP) is 12.8. The molecule has 0 atom stereocenters. The molecule has 0 spiro atoms. The molecule has 0 bridgehead atoms. The quantitative estimate of drug-likeness (QED) is 0.0478. The van der Waals surface area contributed by atoms with Crippen LogP contribution >= 0.6 is 0 Å². The zero-order valence-corrected chi connectivity index (χ0v) is 26.4. The number of halogens is 15. The van der Waals surface area contributed by atoms with Gasteiger partial charge in [-0.1, -0.05) is 46.5 Å². The maximum atomic E-state index is 16.4. The number of hydrogen-bond acceptors (Lipinski definition) is 1. The lowest BCUT2D eigenvalue weighted by Crippen LogP contribution is -2.34. The third kappa shape index (κ3) is 5.09. The average Bonchev–Trinajstić information content (AvgIpc) is 3.30. The molecule has 51 heavy (non-hydrogen) atoms. The van der Waals surface area contributed by atoms with Crippen molar-refractivity contribution in [1.29, 1.82) is 0 Å². The van der Waals surface area contributed by atoms with Crippen molar-refractivity contribution in [1.82, 2.24) is 0 Å². The summed E-state index contributed by atoms with van der Waals surface area (Å²) in [6.45, 7) is 3.49. The Kier molecular flexibility index (Phi) is 8.65. The van der Waals surface area contributed by atoms with Gasteiger partial charge in [-0.15, -0.1) is 0 Å². The van der Waals surface area contributed by atoms with Crippen LogP contribution in [0.15, 0.2) is 6.08 Å². The summed E-state index contributed by atoms with van der Waals surface area (Å²) in [5.74, 6) is -36.8. The van der Waals surface area contributed by atoms with Gasteiger partial charge in [0.05, 0.1) is 33.0 Å². The first kappa shape index (κ1) is 36.4. The van der Waals surface area contributed by atoms with Gasteiger partial charge in [0.25, 0.3) is 5.92 Å². The smallest absolute Gasteiger partial charge is 0.298 e. The third-order valence-corrected chi connectivity index (χ3v) is 9.21. The van der Waals surface area contributed by atoms with E-state index in [0.29, 0.717) is 19.3 Å². The highest BCUT2D eigenvalue weighted by Gasteiger charge is 2.48. The van der Waals surface area contributed by atoms with Gasteiger partial charge >= 0.3 is 0 Å². The molecule has 0 aliphatic heterocycles. The minimum Gasteiger partial charge on any atom is -0.333 e. The third-order valence-electron chi connectivity index (χ3n) is 9.21. The van der Waals surface area contributed by atoms with E-state index in [-0.39, 0.29) is 11.3 Å². The fraction of sp³-hybridized carbons (Fsp3) is 0.314. The van der Waals surface area contributed by atoms with Crippen LogP contribution in [0.5, 0.6) is 0 Å². The highest BCUT2D eigenvalue weighted by atomic mass is 19.3. The summed E-state index contributed by atoms with van der Waals surface area (Å²) in [6.07, 6.45) is 1.80. The van der Waals surface area contributed by atoms with Crippen molar-refractivity contribution in [2.24, 2.45) is 5.41 Å². The fourth-order valence-corrected chi connectivity index (χ4v) is 6.89. The van der Waals surface area contributed by atoms with E-state index >= 15 is 39.5 Å². The molecule has 1 aliphatic carbocycles. The second-order valence-electron chi connectivity index (χ2n) is 13.1. The van der Waals surface area contributed by atoms with Crippen LogP contribution in [0, 0.1) is 75.2 Å². The van der Waals surface area contributed by atoms with E-state index in [1.54, 1.807) is 0 Å². The van der Waals surface area contributed by atoms with E-state index in [0.717, 1.165) is 6.42 Å². The SMILES string of the molecule is CCCCCCC(C)(C)CN(c1c(F)c(F)c2c(c1F)C(F)(F)C=C2F)c1c(F)c(F)c2c(F)c(F)c3c(F)c(F)c(F)c4c(F)c(F)c1c2c34. The van der Waals surface area contributed by atoms with Crippen molar-refractivity contribution in [3.63, 3.8) is 0 Å². The summed E-state index contributed by atoms with van der Waals surface area (Å²) in [6, 6.07) is 0. The average molecular weight is 742 g/mol. The van der Waals surface area contributed by atoms with Crippen molar-refractivity contribution >= 4 is 49.5 Å². The van der Waals surface area contributed by atoms with Crippen LogP contribution < -0.4 is 4.90 Å². The number of alkyl halides is 2. The van der Waals surface area contributed by atoms with Gasteiger partial charge in [0.1, 0.15) is 11.5 Å². The second-order valence-corrected chi connectivity index (χ2v) is 13.1. The van der Waals surface area contributed by atoms with E-state index in [1.165, 1.54) is 13.8 Å². The van der Waals surface area contributed by atoms with Crippen LogP contribution in [0.2, 0.25) is 0 Å². The van der Waals surface area contributed by atoms with Gasteiger partial charge < -0.3 is 4.90 Å². The summed E-state index contributed by atoms with van der Waals surface area (Å²) in [7, 11) is 0. The molecule has 0 heterocycles. The summed E-state index contributed by atoms with van der Waals surface area (Å²) in [5.41, 5.74) is -9.17. The Morgan fingerprint density at radius 3 is 1.49 bits per heavy atom. The maximum absolute atomic E-state index is 16.4. The van der Waals surface area contributed by atoms with Crippen LogP contribution in [0.3, 0.4) is 0 Å². The largest absolute Gasteiger partial charge is 0.333 e. The molecule has 0 N–H and O–H groups in total. The molecule has 6 rings (SSSR count). The summed E-state index contributed by atoms with van der Waals surface area (Å²) in [5, 5.41) is -10.5. The number of anilines is 2. The molecule has 1 aliphatic rings. The maximum Gasteiger partial charge on any atom is 0.298 e. The minimum atomic E-state index is -4.67. The number of benzene rings is 5. The van der Waals surface area contributed by atoms with E-state index < -0.39 is 154 Å². The van der Waals surface area contributed by atoms with E-state index in [9.17, 15) is 26.3 Å². The van der Waals surface area contributed by atoms with Gasteiger partial charge in [0.15, 0.2) is 69.8 Å². The van der Waals surface area contributed by atoms with Crippen molar-refractivity contribution in [2.75, 3.05) is 11.4 Å². The zero-order chi connectivity index (χ0) is 37.8. The lowest BCUT2D eigenvalue weighted by atomic mass is 9.85. The van der Waals surface area contributed by atoms with Crippen LogP contribution in [0.25, 0.3) is 38.1 Å². The van der Waals surface area contributed by atoms with Gasteiger partial charge in [-0.3, -0.25) is 0 Å². The molecular formula is C35H22F15N. The molecule has 0 aromatic heterocycles. The van der Waals surface area contributed by atoms with E-state index in [4.69, 9.17) is 0 Å². The number of fused-ring (bicyclic) bond motifs is 1. The van der Waals surface area contributed by atoms with E-state index in [1.807, 2.05) is 6.92 Å². The monoisotopic (exact) mass is 741 g/mol. The second kappa shape index (κ2) is 12.1. The summed E-state index contributed by atoms with van der Waals surface area (Å²) < 4.78 is 231. The van der Waals surface area contributed by atoms with Gasteiger partial charge in [0.2, 0.25) is 0 Å². The Labute approximate surface area is 278 Å². The highest BCUT2D eigenvalue weighted by Crippen LogP contribution is 2.54. The summed E-state index contributed by atoms with van der Waals surface area (Å²) in [4.78, 5) is -0.0888. The first-order valence-corrected chi connectivity index (χ1v) is 15.3. The van der Waals surface area contributed by atoms with Crippen molar-refractivity contribution < 1.29 is 65.9 Å². The van der Waals surface area contributed by atoms with Gasteiger partial charge in [-0.25, -0.2) is 57.1 Å². The van der Waals surface area contributed by atoms with Crippen LogP contribution in [-0.4, -0.2) is 6.54 Å². The molecule has 0 unspecified atom stereocenters. The standard InChI is InChI=1S/C35H22F15N/c1-4-5-6-7-8-34(2,3)10-51(33-28(45)19-12(20(37)31(33)48)11(36)9-35(19,49)50)32-18-14-13-15(21(38)22(39)17(14)26(43)30(32)47)24(41)29(46)25(42)16(13)23(40)27(18)44/h9H,4-8,10H2,1-3H3. The number of hydrogen-bond donors (Lipinski definition) is 0. The first-order chi connectivity index (χ1) is 23.7. The molecular weight excluding hydrogens is 719 g/mol. The molecule has 0 saturated carbocycles. The fourth-order valence-electron chi connectivity index (χ4n) is 6.89. The Morgan fingerprint density at radius 2 is 0.961 bits per heavy atom. The Bertz CT molecular complexity index is 2300. The Balaban J connectivity index is 1.82. The molecule has 16 heteroatoms. The lowest BCUT2D eigenvalue weighted by molar-refractivity contribution is 0.0511. The molecule has 5 aromatic carbocycles. The van der Waals surface area contributed by atoms with Crippen molar-refractivity contribution in [3.05, 3.63) is 87.0 Å². The molecule has 0 amide bonds. The molecule has 272 valence electrons. The Hall–Kier alpha value is -4.37. The molecule has 1 nitrogen and oxygen atoms in total. The van der Waals surface area contributed by atoms with Crippen LogP contribution in [0.1, 0.15) is 64.0 Å². The molecule has 0 fully saturated rings. The van der Waals surface area contributed by atoms with Gasteiger partial charge in [-0.2, -0.15) is 8.78 Å². The summed E-state index contributed by atoms with van der Waals surface area (Å²) >= 11 is 0. The minimum absolute atomic E-state index is 0.0504. The normalized spacial score (nSPS) is 14.4. The zero-order valence-electron chi connectivity index (χ0n) is 26.4. The number of rotatable bonds is 9. The molecule has 0 saturated heterocycles. The molecule has 5 aromatic rings. The number of nitrogens with zero attached hydrogens (tertiary/aromatic N) is 1. The Morgan fingerprint density at radius 1 is 0.510 bits per heavy atom. The molecule has 0 radical (unpaired) electrons. The number of unbranched alkanes of at least 4 members (excludes halogenated alkanes) is 3. The topological polar surface area (TPSA) is 3.24 Å². The number of allylic oxidation sites excluding steroid dienone is 1. The van der Waals surface area contributed by atoms with Crippen molar-refractivity contribution in [3.8, 4) is 0 Å². The van der Waals surface area contributed by atoms with Crippen LogP contribution in [-0.2, 0) is 5.92 Å². The predicted molar refractivity (Wildman–Crippen MR) is 159 cm³/mol. The van der Waals surface area contributed by atoms with Crippen LogP contribution in [0.4, 0.5) is 77.2 Å². The van der Waals surface area contributed by atoms with Gasteiger partial charge in [0, 0.05) is 28.8 Å². The van der Waals surface area contributed by atoms with Gasteiger partial charge in [-0.05, 0) is 11.8 Å². The first-order valence-electron chi connectivity index (χ1n) is 15.3.